The van der Waals surface area contributed by atoms with Gasteiger partial charge in [0.2, 0.25) is 5.91 Å². The Morgan fingerprint density at radius 1 is 1.17 bits per heavy atom. The van der Waals surface area contributed by atoms with Gasteiger partial charge in [-0.25, -0.2) is 0 Å². The maximum atomic E-state index is 12.2. The van der Waals surface area contributed by atoms with Crippen LogP contribution in [-0.2, 0) is 4.79 Å². The Morgan fingerprint density at radius 3 is 2.39 bits per heavy atom. The number of hydrogen-bond acceptors (Lipinski definition) is 3. The third-order valence-corrected chi connectivity index (χ3v) is 3.14. The quantitative estimate of drug-likeness (QED) is 0.512. The first-order chi connectivity index (χ1) is 11.0. The van der Waals surface area contributed by atoms with E-state index in [1.807, 2.05) is 45.9 Å². The molecule has 126 valence electrons. The fourth-order valence-corrected chi connectivity index (χ4v) is 2.12. The van der Waals surface area contributed by atoms with E-state index in [2.05, 4.69) is 6.58 Å². The fraction of sp³-hybridized carbons (Fsp3) is 0.421. The van der Waals surface area contributed by atoms with Crippen molar-refractivity contribution in [3.05, 3.63) is 42.0 Å². The van der Waals surface area contributed by atoms with Crippen LogP contribution in [0.4, 0.5) is 0 Å². The lowest BCUT2D eigenvalue weighted by molar-refractivity contribution is -0.125. The normalized spacial score (nSPS) is 10.6. The van der Waals surface area contributed by atoms with Crippen LogP contribution in [0.2, 0.25) is 0 Å². The molecule has 0 N–H and O–H groups in total. The molecule has 1 aromatic rings. The van der Waals surface area contributed by atoms with Crippen LogP contribution in [0.5, 0.6) is 11.5 Å². The number of hydrogen-bond donors (Lipinski definition) is 0. The zero-order chi connectivity index (χ0) is 17.2. The van der Waals surface area contributed by atoms with E-state index in [0.717, 1.165) is 16.9 Å². The summed E-state index contributed by atoms with van der Waals surface area (Å²) in [6, 6.07) is 5.66. The molecule has 0 bridgehead atoms. The molecule has 23 heavy (non-hydrogen) atoms. The summed E-state index contributed by atoms with van der Waals surface area (Å²) >= 11 is 0. The summed E-state index contributed by atoms with van der Waals surface area (Å²) in [5, 5.41) is 0. The Hall–Kier alpha value is -2.23. The molecule has 0 fully saturated rings. The molecule has 0 atom stereocenters. The molecule has 0 radical (unpaired) electrons. The molecule has 4 heteroatoms. The van der Waals surface area contributed by atoms with E-state index < -0.39 is 0 Å². The van der Waals surface area contributed by atoms with Crippen molar-refractivity contribution in [3.8, 4) is 11.5 Å². The van der Waals surface area contributed by atoms with Crippen LogP contribution >= 0.6 is 0 Å². The highest BCUT2D eigenvalue weighted by Gasteiger charge is 2.09. The lowest BCUT2D eigenvalue weighted by Crippen LogP contribution is -2.30. The van der Waals surface area contributed by atoms with Gasteiger partial charge < -0.3 is 14.4 Å². The van der Waals surface area contributed by atoms with Crippen LogP contribution in [-0.4, -0.2) is 37.1 Å². The zero-order valence-corrected chi connectivity index (χ0v) is 14.6. The zero-order valence-electron chi connectivity index (χ0n) is 14.6. The molecule has 0 saturated carbocycles. The first-order valence-electron chi connectivity index (χ1n) is 8.02. The number of amides is 1. The highest BCUT2D eigenvalue weighted by Crippen LogP contribution is 2.29. The molecule has 1 aromatic carbocycles. The summed E-state index contributed by atoms with van der Waals surface area (Å²) in [7, 11) is 0. The van der Waals surface area contributed by atoms with E-state index in [4.69, 9.17) is 9.47 Å². The van der Waals surface area contributed by atoms with Gasteiger partial charge in [0.05, 0.1) is 13.2 Å². The first kappa shape index (κ1) is 18.8. The topological polar surface area (TPSA) is 38.8 Å². The van der Waals surface area contributed by atoms with Gasteiger partial charge in [-0.2, -0.15) is 0 Å². The predicted molar refractivity (Wildman–Crippen MR) is 94.9 cm³/mol. The van der Waals surface area contributed by atoms with Crippen LogP contribution in [0.1, 0.15) is 33.3 Å². The molecular weight excluding hydrogens is 290 g/mol. The molecule has 0 spiro atoms. The van der Waals surface area contributed by atoms with Crippen molar-refractivity contribution >= 4 is 12.0 Å². The van der Waals surface area contributed by atoms with Gasteiger partial charge >= 0.3 is 0 Å². The van der Waals surface area contributed by atoms with E-state index in [0.29, 0.717) is 32.1 Å². The Kier molecular flexibility index (Phi) is 7.95. The highest BCUT2D eigenvalue weighted by molar-refractivity contribution is 5.92. The number of carbonyl (C=O) groups excluding carboxylic acids is 1. The smallest absolute Gasteiger partial charge is 0.246 e. The molecule has 0 aliphatic carbocycles. The second-order valence-corrected chi connectivity index (χ2v) is 5.22. The number of rotatable bonds is 9. The lowest BCUT2D eigenvalue weighted by Gasteiger charge is -2.19. The summed E-state index contributed by atoms with van der Waals surface area (Å²) in [4.78, 5) is 14.0. The standard InChI is InChI=1S/C19H27NO3/c1-6-20(14-15(4)5)19(21)12-10-16-9-11-17(22-7-2)18(13-16)23-8-3/h9-13H,4,6-8,14H2,1-3,5H3. The van der Waals surface area contributed by atoms with E-state index in [1.54, 1.807) is 17.1 Å². The second kappa shape index (κ2) is 9.72. The molecule has 4 nitrogen and oxygen atoms in total. The number of likely N-dealkylation sites (N-methyl/N-ethyl adjacent to an activating group) is 1. The van der Waals surface area contributed by atoms with Crippen molar-refractivity contribution in [1.29, 1.82) is 0 Å². The number of ether oxygens (including phenoxy) is 2. The lowest BCUT2D eigenvalue weighted by atomic mass is 10.2. The van der Waals surface area contributed by atoms with Gasteiger partial charge in [0, 0.05) is 19.2 Å². The van der Waals surface area contributed by atoms with Gasteiger partial charge in [0.25, 0.3) is 0 Å². The van der Waals surface area contributed by atoms with Crippen LogP contribution in [0.3, 0.4) is 0 Å². The van der Waals surface area contributed by atoms with E-state index in [9.17, 15) is 4.79 Å². The SMILES string of the molecule is C=C(C)CN(CC)C(=O)C=Cc1ccc(OCC)c(OCC)c1. The summed E-state index contributed by atoms with van der Waals surface area (Å²) in [6.45, 7) is 14.0. The Balaban J connectivity index is 2.88. The van der Waals surface area contributed by atoms with Crippen molar-refractivity contribution in [3.63, 3.8) is 0 Å². The van der Waals surface area contributed by atoms with E-state index in [1.165, 1.54) is 0 Å². The summed E-state index contributed by atoms with van der Waals surface area (Å²) in [5.41, 5.74) is 1.87. The maximum Gasteiger partial charge on any atom is 0.246 e. The summed E-state index contributed by atoms with van der Waals surface area (Å²) < 4.78 is 11.1. The van der Waals surface area contributed by atoms with E-state index >= 15 is 0 Å². The largest absolute Gasteiger partial charge is 0.490 e. The third-order valence-electron chi connectivity index (χ3n) is 3.14. The molecule has 0 saturated heterocycles. The number of nitrogens with zero attached hydrogens (tertiary/aromatic N) is 1. The molecule has 0 aromatic heterocycles. The third kappa shape index (κ3) is 6.19. The van der Waals surface area contributed by atoms with Gasteiger partial charge in [-0.1, -0.05) is 18.2 Å². The van der Waals surface area contributed by atoms with Crippen molar-refractivity contribution in [2.24, 2.45) is 0 Å². The highest BCUT2D eigenvalue weighted by atomic mass is 16.5. The molecule has 1 amide bonds. The minimum atomic E-state index is -0.0256. The van der Waals surface area contributed by atoms with Crippen LogP contribution in [0.25, 0.3) is 6.08 Å². The van der Waals surface area contributed by atoms with Gasteiger partial charge in [0.15, 0.2) is 11.5 Å². The molecule has 1 rings (SSSR count). The fourth-order valence-electron chi connectivity index (χ4n) is 2.12. The van der Waals surface area contributed by atoms with Gasteiger partial charge in [0.1, 0.15) is 0 Å². The maximum absolute atomic E-state index is 12.2. The summed E-state index contributed by atoms with van der Waals surface area (Å²) in [6.07, 6.45) is 3.37. The first-order valence-corrected chi connectivity index (χ1v) is 8.02. The van der Waals surface area contributed by atoms with E-state index in [-0.39, 0.29) is 5.91 Å². The molecule has 0 aliphatic rings. The number of carbonyl (C=O) groups is 1. The van der Waals surface area contributed by atoms with Crippen LogP contribution in [0.15, 0.2) is 36.4 Å². The predicted octanol–water partition coefficient (Wildman–Crippen LogP) is 3.92. The van der Waals surface area contributed by atoms with Crippen LogP contribution in [0, 0.1) is 0 Å². The Bertz CT molecular complexity index is 564. The minimum Gasteiger partial charge on any atom is -0.490 e. The summed E-state index contributed by atoms with van der Waals surface area (Å²) in [5.74, 6) is 1.39. The number of benzene rings is 1. The Morgan fingerprint density at radius 2 is 1.83 bits per heavy atom. The van der Waals surface area contributed by atoms with Gasteiger partial charge in [-0.05, 0) is 51.5 Å². The average Bonchev–Trinajstić information content (AvgIpc) is 2.52. The average molecular weight is 317 g/mol. The van der Waals surface area contributed by atoms with Crippen molar-refractivity contribution in [2.45, 2.75) is 27.7 Å². The van der Waals surface area contributed by atoms with Crippen molar-refractivity contribution in [2.75, 3.05) is 26.3 Å². The van der Waals surface area contributed by atoms with Crippen molar-refractivity contribution in [1.82, 2.24) is 4.90 Å². The van der Waals surface area contributed by atoms with Crippen LogP contribution < -0.4 is 9.47 Å². The Labute approximate surface area is 139 Å². The molecule has 0 heterocycles. The van der Waals surface area contributed by atoms with Gasteiger partial charge in [-0.15, -0.1) is 0 Å². The molecule has 0 unspecified atom stereocenters. The molecule has 0 aliphatic heterocycles. The molecular formula is C19H27NO3. The monoisotopic (exact) mass is 317 g/mol. The second-order valence-electron chi connectivity index (χ2n) is 5.22. The van der Waals surface area contributed by atoms with Crippen molar-refractivity contribution < 1.29 is 14.3 Å². The van der Waals surface area contributed by atoms with Gasteiger partial charge in [-0.3, -0.25) is 4.79 Å². The minimum absolute atomic E-state index is 0.0256.